The summed E-state index contributed by atoms with van der Waals surface area (Å²) in [5, 5.41) is 10.7. The van der Waals surface area contributed by atoms with E-state index in [1.807, 2.05) is 35.8 Å². The molecule has 1 unspecified atom stereocenters. The van der Waals surface area contributed by atoms with Gasteiger partial charge in [-0.25, -0.2) is 9.97 Å². The summed E-state index contributed by atoms with van der Waals surface area (Å²) in [5.41, 5.74) is 1.27. The molecule has 0 saturated carbocycles. The van der Waals surface area contributed by atoms with Gasteiger partial charge in [0.1, 0.15) is 16.4 Å². The number of para-hydroxylation sites is 1. The number of fused-ring (bicyclic) bond motifs is 1. The SMILES string of the molecule is O=c1[nH]c(N2CCN(c3nccs3)CC2)nc(NC2CCCNC2)c1-c1nc2ccccc2s1. The Morgan fingerprint density at radius 3 is 2.71 bits per heavy atom. The van der Waals surface area contributed by atoms with Crippen molar-refractivity contribution in [2.75, 3.05) is 54.4 Å². The summed E-state index contributed by atoms with van der Waals surface area (Å²) in [6.07, 6.45) is 3.98. The van der Waals surface area contributed by atoms with Crippen LogP contribution in [0.1, 0.15) is 12.8 Å². The van der Waals surface area contributed by atoms with Crippen LogP contribution in [-0.4, -0.2) is 65.2 Å². The minimum Gasteiger partial charge on any atom is -0.365 e. The average Bonchev–Trinajstić information content (AvgIpc) is 3.55. The van der Waals surface area contributed by atoms with Crippen molar-refractivity contribution in [2.45, 2.75) is 18.9 Å². The fourth-order valence-corrected chi connectivity index (χ4v) is 6.25. The minimum atomic E-state index is -0.155. The Labute approximate surface area is 204 Å². The number of anilines is 3. The van der Waals surface area contributed by atoms with Crippen molar-refractivity contribution in [3.8, 4) is 10.6 Å². The molecule has 1 atom stereocenters. The standard InChI is InChI=1S/C23H26N8OS2/c32-20-18(21-27-16-5-1-2-6-17(16)34-21)19(26-15-4-3-7-24-14-15)28-22(29-20)30-9-11-31(12-10-30)23-25-8-13-33-23/h1-2,5-6,8,13,15,24H,3-4,7,9-12,14H2,(H2,26,28,29,32). The summed E-state index contributed by atoms with van der Waals surface area (Å²) in [4.78, 5) is 35.1. The van der Waals surface area contributed by atoms with Gasteiger partial charge in [0.15, 0.2) is 5.13 Å². The maximum absolute atomic E-state index is 13.4. The highest BCUT2D eigenvalue weighted by Crippen LogP contribution is 2.33. The summed E-state index contributed by atoms with van der Waals surface area (Å²) in [6.45, 7) is 5.11. The van der Waals surface area contributed by atoms with Gasteiger partial charge in [0, 0.05) is 50.3 Å². The summed E-state index contributed by atoms with van der Waals surface area (Å²) >= 11 is 3.18. The van der Waals surface area contributed by atoms with Crippen molar-refractivity contribution in [1.29, 1.82) is 0 Å². The number of nitrogens with zero attached hydrogens (tertiary/aromatic N) is 5. The number of hydrogen-bond donors (Lipinski definition) is 3. The van der Waals surface area contributed by atoms with Crippen molar-refractivity contribution in [3.05, 3.63) is 46.2 Å². The number of aromatic amines is 1. The highest BCUT2D eigenvalue weighted by Gasteiger charge is 2.25. The molecule has 5 heterocycles. The van der Waals surface area contributed by atoms with E-state index in [-0.39, 0.29) is 11.6 Å². The van der Waals surface area contributed by atoms with Gasteiger partial charge in [0.2, 0.25) is 5.95 Å². The van der Waals surface area contributed by atoms with Crippen LogP contribution < -0.4 is 26.0 Å². The topological polar surface area (TPSA) is 102 Å². The number of nitrogens with one attached hydrogen (secondary N) is 3. The Bertz CT molecular complexity index is 1290. The highest BCUT2D eigenvalue weighted by atomic mass is 32.1. The number of benzene rings is 1. The van der Waals surface area contributed by atoms with Crippen LogP contribution in [0.2, 0.25) is 0 Å². The van der Waals surface area contributed by atoms with Gasteiger partial charge in [-0.3, -0.25) is 9.78 Å². The van der Waals surface area contributed by atoms with Crippen LogP contribution in [0.3, 0.4) is 0 Å². The normalized spacial score (nSPS) is 19.0. The second-order valence-electron chi connectivity index (χ2n) is 8.58. The maximum Gasteiger partial charge on any atom is 0.264 e. The van der Waals surface area contributed by atoms with E-state index in [0.717, 1.165) is 67.5 Å². The van der Waals surface area contributed by atoms with Gasteiger partial charge >= 0.3 is 0 Å². The molecule has 2 aliphatic heterocycles. The molecule has 0 spiro atoms. The van der Waals surface area contributed by atoms with E-state index in [0.29, 0.717) is 22.3 Å². The lowest BCUT2D eigenvalue weighted by molar-refractivity contribution is 0.479. The molecule has 0 amide bonds. The fraction of sp³-hybridized carbons (Fsp3) is 0.391. The second kappa shape index (κ2) is 9.32. The third-order valence-corrected chi connectivity index (χ3v) is 8.21. The van der Waals surface area contributed by atoms with Gasteiger partial charge in [0.25, 0.3) is 5.56 Å². The predicted octanol–water partition coefficient (Wildman–Crippen LogP) is 2.99. The lowest BCUT2D eigenvalue weighted by Gasteiger charge is -2.35. The highest BCUT2D eigenvalue weighted by molar-refractivity contribution is 7.21. The molecule has 9 nitrogen and oxygen atoms in total. The van der Waals surface area contributed by atoms with E-state index in [2.05, 4.69) is 30.4 Å². The van der Waals surface area contributed by atoms with Crippen molar-refractivity contribution in [3.63, 3.8) is 0 Å². The Morgan fingerprint density at radius 1 is 1.09 bits per heavy atom. The zero-order valence-corrected chi connectivity index (χ0v) is 20.3. The number of piperidine rings is 1. The third kappa shape index (κ3) is 4.26. The van der Waals surface area contributed by atoms with E-state index in [9.17, 15) is 4.79 Å². The first-order valence-electron chi connectivity index (χ1n) is 11.6. The average molecular weight is 495 g/mol. The Kier molecular flexibility index (Phi) is 5.90. The van der Waals surface area contributed by atoms with Gasteiger partial charge in [0.05, 0.1) is 10.2 Å². The van der Waals surface area contributed by atoms with Gasteiger partial charge < -0.3 is 20.4 Å². The first kappa shape index (κ1) is 21.5. The molecule has 4 aromatic rings. The summed E-state index contributed by atoms with van der Waals surface area (Å²) < 4.78 is 1.06. The molecular weight excluding hydrogens is 468 g/mol. The van der Waals surface area contributed by atoms with E-state index in [4.69, 9.17) is 9.97 Å². The number of H-pyrrole nitrogens is 1. The molecule has 1 aromatic carbocycles. The van der Waals surface area contributed by atoms with E-state index in [1.54, 1.807) is 11.3 Å². The quantitative estimate of drug-likeness (QED) is 0.389. The molecule has 2 aliphatic rings. The Balaban J connectivity index is 1.33. The van der Waals surface area contributed by atoms with Crippen LogP contribution in [-0.2, 0) is 0 Å². The monoisotopic (exact) mass is 494 g/mol. The molecule has 2 saturated heterocycles. The van der Waals surface area contributed by atoms with Crippen molar-refractivity contribution < 1.29 is 0 Å². The molecule has 0 bridgehead atoms. The van der Waals surface area contributed by atoms with Crippen LogP contribution in [0.4, 0.5) is 16.9 Å². The van der Waals surface area contributed by atoms with E-state index < -0.39 is 0 Å². The number of thiazole rings is 2. The van der Waals surface area contributed by atoms with E-state index >= 15 is 0 Å². The number of rotatable bonds is 5. The Morgan fingerprint density at radius 2 is 1.94 bits per heavy atom. The van der Waals surface area contributed by atoms with Crippen LogP contribution in [0.5, 0.6) is 0 Å². The zero-order chi connectivity index (χ0) is 22.9. The van der Waals surface area contributed by atoms with E-state index in [1.165, 1.54) is 11.3 Å². The second-order valence-corrected chi connectivity index (χ2v) is 10.5. The van der Waals surface area contributed by atoms with Crippen molar-refractivity contribution in [1.82, 2.24) is 25.3 Å². The molecule has 6 rings (SSSR count). The Hall–Kier alpha value is -3.02. The van der Waals surface area contributed by atoms with Crippen molar-refractivity contribution in [2.24, 2.45) is 0 Å². The molecule has 11 heteroatoms. The first-order valence-corrected chi connectivity index (χ1v) is 13.3. The minimum absolute atomic E-state index is 0.155. The number of hydrogen-bond acceptors (Lipinski definition) is 10. The lowest BCUT2D eigenvalue weighted by Crippen LogP contribution is -2.47. The molecule has 3 aromatic heterocycles. The van der Waals surface area contributed by atoms with Crippen LogP contribution in [0, 0.1) is 0 Å². The maximum atomic E-state index is 13.4. The predicted molar refractivity (Wildman–Crippen MR) is 140 cm³/mol. The molecular formula is C23H26N8OS2. The lowest BCUT2D eigenvalue weighted by atomic mass is 10.1. The largest absolute Gasteiger partial charge is 0.365 e. The molecule has 0 aliphatic carbocycles. The first-order chi connectivity index (χ1) is 16.7. The van der Waals surface area contributed by atoms with Gasteiger partial charge in [-0.15, -0.1) is 22.7 Å². The third-order valence-electron chi connectivity index (χ3n) is 6.32. The smallest absolute Gasteiger partial charge is 0.264 e. The van der Waals surface area contributed by atoms with Gasteiger partial charge in [-0.05, 0) is 31.5 Å². The fourth-order valence-electron chi connectivity index (χ4n) is 4.54. The summed E-state index contributed by atoms with van der Waals surface area (Å²) in [5.74, 6) is 1.23. The summed E-state index contributed by atoms with van der Waals surface area (Å²) in [7, 11) is 0. The molecule has 2 fully saturated rings. The molecule has 176 valence electrons. The molecule has 0 radical (unpaired) electrons. The number of piperazine rings is 1. The molecule has 3 N–H and O–H groups in total. The molecule has 34 heavy (non-hydrogen) atoms. The zero-order valence-electron chi connectivity index (χ0n) is 18.7. The van der Waals surface area contributed by atoms with Crippen LogP contribution in [0.25, 0.3) is 20.8 Å². The van der Waals surface area contributed by atoms with Crippen LogP contribution >= 0.6 is 22.7 Å². The van der Waals surface area contributed by atoms with Gasteiger partial charge in [-0.2, -0.15) is 4.98 Å². The number of aromatic nitrogens is 4. The van der Waals surface area contributed by atoms with Crippen LogP contribution in [0.15, 0.2) is 40.6 Å². The van der Waals surface area contributed by atoms with Crippen molar-refractivity contribution >= 4 is 49.8 Å². The van der Waals surface area contributed by atoms with Gasteiger partial charge in [-0.1, -0.05) is 12.1 Å². The summed E-state index contributed by atoms with van der Waals surface area (Å²) in [6, 6.07) is 8.20.